The molecule has 0 spiro atoms. The summed E-state index contributed by atoms with van der Waals surface area (Å²) in [5.41, 5.74) is 4.64. The largest absolute Gasteiger partial charge is 0.369 e. The first-order valence-corrected chi connectivity index (χ1v) is 12.9. The second-order valence-electron chi connectivity index (χ2n) is 9.90. The van der Waals surface area contributed by atoms with E-state index in [1.807, 2.05) is 48.5 Å². The molecule has 0 fully saturated rings. The summed E-state index contributed by atoms with van der Waals surface area (Å²) in [5.74, 6) is 1.54. The molecule has 0 radical (unpaired) electrons. The highest BCUT2D eigenvalue weighted by Gasteiger charge is 2.14. The fraction of sp³-hybridized carbons (Fsp3) is 0.267. The first-order valence-electron chi connectivity index (χ1n) is 12.9. The van der Waals surface area contributed by atoms with Crippen LogP contribution in [0, 0.1) is 0 Å². The zero-order chi connectivity index (χ0) is 26.5. The van der Waals surface area contributed by atoms with Gasteiger partial charge in [0.15, 0.2) is 0 Å². The average Bonchev–Trinajstić information content (AvgIpc) is 3.53. The Morgan fingerprint density at radius 2 is 1.03 bits per heavy atom. The van der Waals surface area contributed by atoms with E-state index in [1.165, 1.54) is 0 Å². The minimum absolute atomic E-state index is 0.230. The normalized spacial score (nSPS) is 18.2. The zero-order valence-corrected chi connectivity index (χ0v) is 21.6. The molecule has 3 aromatic carbocycles. The van der Waals surface area contributed by atoms with Crippen molar-refractivity contribution >= 4 is 34.9 Å². The number of amidine groups is 2. The van der Waals surface area contributed by atoms with Crippen molar-refractivity contribution in [3.8, 4) is 0 Å². The van der Waals surface area contributed by atoms with Crippen LogP contribution in [0.25, 0.3) is 0 Å². The van der Waals surface area contributed by atoms with Gasteiger partial charge < -0.3 is 21.3 Å². The van der Waals surface area contributed by atoms with Crippen molar-refractivity contribution in [1.29, 1.82) is 0 Å². The van der Waals surface area contributed by atoms with Crippen molar-refractivity contribution in [2.24, 2.45) is 9.98 Å². The molecule has 3 aromatic rings. The van der Waals surface area contributed by atoms with E-state index in [0.29, 0.717) is 34.6 Å². The lowest BCUT2D eigenvalue weighted by Crippen LogP contribution is -2.28. The number of rotatable bonds is 8. The quantitative estimate of drug-likeness (QED) is 0.368. The molecule has 8 heteroatoms. The maximum absolute atomic E-state index is 12.7. The van der Waals surface area contributed by atoms with Gasteiger partial charge in [-0.3, -0.25) is 19.6 Å². The van der Waals surface area contributed by atoms with Gasteiger partial charge in [-0.25, -0.2) is 0 Å². The van der Waals surface area contributed by atoms with E-state index >= 15 is 0 Å². The first-order chi connectivity index (χ1) is 18.4. The van der Waals surface area contributed by atoms with Gasteiger partial charge in [0.25, 0.3) is 11.8 Å². The second kappa shape index (κ2) is 11.3. The van der Waals surface area contributed by atoms with Crippen LogP contribution < -0.4 is 21.3 Å². The van der Waals surface area contributed by atoms with Crippen molar-refractivity contribution in [2.75, 3.05) is 23.7 Å². The molecule has 0 aliphatic carbocycles. The molecule has 0 aromatic heterocycles. The third-order valence-corrected chi connectivity index (χ3v) is 6.51. The molecule has 5 rings (SSSR count). The van der Waals surface area contributed by atoms with Crippen LogP contribution >= 0.6 is 0 Å². The Kier molecular flexibility index (Phi) is 7.49. The summed E-state index contributed by atoms with van der Waals surface area (Å²) in [4.78, 5) is 34.4. The number of aliphatic imine (C=N–C) groups is 2. The van der Waals surface area contributed by atoms with Crippen molar-refractivity contribution in [2.45, 2.75) is 38.8 Å². The summed E-state index contributed by atoms with van der Waals surface area (Å²) in [7, 11) is 0. The van der Waals surface area contributed by atoms with Crippen LogP contribution in [0.1, 0.15) is 45.7 Å². The fourth-order valence-electron chi connectivity index (χ4n) is 4.44. The standard InChI is InChI=1S/C30H32N6O2/c1-19-17-31-27(33-19)15-21-3-11-25(12-4-21)35-29(37)23-7-9-24(10-8-23)30(38)36-26-13-5-22(6-14-26)16-28-32-18-20(2)34-28/h3-14,19-20H,15-18H2,1-2H3,(H,31,33)(H,32,34)(H,35,37)(H,36,38)/t19-,20+. The molecule has 0 saturated heterocycles. The van der Waals surface area contributed by atoms with E-state index < -0.39 is 0 Å². The molecule has 0 bridgehead atoms. The molecule has 4 N–H and O–H groups in total. The third-order valence-electron chi connectivity index (χ3n) is 6.51. The van der Waals surface area contributed by atoms with Gasteiger partial charge in [-0.1, -0.05) is 24.3 Å². The van der Waals surface area contributed by atoms with Crippen LogP contribution in [0.4, 0.5) is 11.4 Å². The van der Waals surface area contributed by atoms with Crippen LogP contribution in [-0.4, -0.2) is 48.7 Å². The Morgan fingerprint density at radius 3 is 1.34 bits per heavy atom. The van der Waals surface area contributed by atoms with Crippen LogP contribution in [0.3, 0.4) is 0 Å². The molecule has 2 atom stereocenters. The van der Waals surface area contributed by atoms with E-state index in [-0.39, 0.29) is 11.8 Å². The highest BCUT2D eigenvalue weighted by Crippen LogP contribution is 2.16. The highest BCUT2D eigenvalue weighted by molar-refractivity contribution is 6.07. The van der Waals surface area contributed by atoms with Crippen molar-refractivity contribution in [3.63, 3.8) is 0 Å². The number of amides is 2. The van der Waals surface area contributed by atoms with Gasteiger partial charge in [0.1, 0.15) is 11.7 Å². The Morgan fingerprint density at radius 1 is 0.658 bits per heavy atom. The minimum Gasteiger partial charge on any atom is -0.369 e. The summed E-state index contributed by atoms with van der Waals surface area (Å²) >= 11 is 0. The van der Waals surface area contributed by atoms with E-state index in [2.05, 4.69) is 45.1 Å². The van der Waals surface area contributed by atoms with Crippen molar-refractivity contribution < 1.29 is 9.59 Å². The average molecular weight is 509 g/mol. The topological polar surface area (TPSA) is 107 Å². The Balaban J connectivity index is 1.12. The maximum atomic E-state index is 12.7. The number of nitrogens with zero attached hydrogens (tertiary/aromatic N) is 2. The summed E-state index contributed by atoms with van der Waals surface area (Å²) in [6.45, 7) is 5.84. The van der Waals surface area contributed by atoms with Crippen LogP contribution in [-0.2, 0) is 12.8 Å². The molecule has 38 heavy (non-hydrogen) atoms. The molecule has 0 unspecified atom stereocenters. The number of carbonyl (C=O) groups excluding carboxylic acids is 2. The van der Waals surface area contributed by atoms with Gasteiger partial charge in [-0.05, 0) is 73.5 Å². The van der Waals surface area contributed by atoms with Gasteiger partial charge in [-0.2, -0.15) is 0 Å². The number of benzene rings is 3. The summed E-state index contributed by atoms with van der Waals surface area (Å²) < 4.78 is 0. The van der Waals surface area contributed by atoms with E-state index in [0.717, 1.165) is 48.7 Å². The molecule has 2 aliphatic heterocycles. The fourth-order valence-corrected chi connectivity index (χ4v) is 4.44. The molecular weight excluding hydrogens is 476 g/mol. The Bertz CT molecular complexity index is 1250. The molecule has 8 nitrogen and oxygen atoms in total. The first kappa shape index (κ1) is 25.2. The SMILES string of the molecule is C[C@@H]1CN=C(Cc2ccc(NC(=O)c3ccc(C(=O)Nc4ccc(CC5=NC[C@H](C)N5)cc4)cc3)cc2)N1. The lowest BCUT2D eigenvalue weighted by atomic mass is 10.1. The van der Waals surface area contributed by atoms with E-state index in [9.17, 15) is 9.59 Å². The number of hydrogen-bond donors (Lipinski definition) is 4. The molecule has 2 heterocycles. The summed E-state index contributed by atoms with van der Waals surface area (Å²) in [5, 5.41) is 12.5. The number of carbonyl (C=O) groups is 2. The van der Waals surface area contributed by atoms with Crippen LogP contribution in [0.5, 0.6) is 0 Å². The van der Waals surface area contributed by atoms with Crippen molar-refractivity contribution in [1.82, 2.24) is 10.6 Å². The second-order valence-corrected chi connectivity index (χ2v) is 9.90. The molecule has 2 amide bonds. The smallest absolute Gasteiger partial charge is 0.255 e. The predicted octanol–water partition coefficient (Wildman–Crippen LogP) is 4.06. The Hall–Kier alpha value is -4.46. The van der Waals surface area contributed by atoms with E-state index in [4.69, 9.17) is 0 Å². The number of anilines is 2. The van der Waals surface area contributed by atoms with E-state index in [1.54, 1.807) is 24.3 Å². The predicted molar refractivity (Wildman–Crippen MR) is 152 cm³/mol. The van der Waals surface area contributed by atoms with Crippen molar-refractivity contribution in [3.05, 3.63) is 95.1 Å². The Labute approximate surface area is 222 Å². The van der Waals surface area contributed by atoms with Gasteiger partial charge in [0, 0.05) is 47.4 Å². The lowest BCUT2D eigenvalue weighted by Gasteiger charge is -2.10. The molecule has 2 aliphatic rings. The van der Waals surface area contributed by atoms with Gasteiger partial charge in [0.2, 0.25) is 0 Å². The molecule has 0 saturated carbocycles. The van der Waals surface area contributed by atoms with Gasteiger partial charge in [0.05, 0.1) is 13.1 Å². The van der Waals surface area contributed by atoms with Gasteiger partial charge >= 0.3 is 0 Å². The summed E-state index contributed by atoms with van der Waals surface area (Å²) in [6.07, 6.45) is 1.50. The van der Waals surface area contributed by atoms with Crippen LogP contribution in [0.2, 0.25) is 0 Å². The zero-order valence-electron chi connectivity index (χ0n) is 21.6. The monoisotopic (exact) mass is 508 g/mol. The lowest BCUT2D eigenvalue weighted by molar-refractivity contribution is 0.101. The third kappa shape index (κ3) is 6.45. The summed E-state index contributed by atoms with van der Waals surface area (Å²) in [6, 6.07) is 22.9. The molecule has 194 valence electrons. The minimum atomic E-state index is -0.230. The van der Waals surface area contributed by atoms with Crippen LogP contribution in [0.15, 0.2) is 82.8 Å². The highest BCUT2D eigenvalue weighted by atomic mass is 16.2. The molecular formula is C30H32N6O2. The maximum Gasteiger partial charge on any atom is 0.255 e. The number of hydrogen-bond acceptors (Lipinski definition) is 6. The number of nitrogens with one attached hydrogen (secondary N) is 4. The van der Waals surface area contributed by atoms with Gasteiger partial charge in [-0.15, -0.1) is 0 Å².